The van der Waals surface area contributed by atoms with E-state index in [1.54, 1.807) is 6.92 Å². The van der Waals surface area contributed by atoms with Gasteiger partial charge in [-0.2, -0.15) is 0 Å². The summed E-state index contributed by atoms with van der Waals surface area (Å²) < 4.78 is 26.1. The highest BCUT2D eigenvalue weighted by atomic mass is 32.2. The Morgan fingerprint density at radius 2 is 1.78 bits per heavy atom. The molecule has 0 radical (unpaired) electrons. The van der Waals surface area contributed by atoms with Gasteiger partial charge in [-0.05, 0) is 30.2 Å². The fraction of sp³-hybridized carbons (Fsp3) is 0.467. The van der Waals surface area contributed by atoms with Crippen LogP contribution in [0.15, 0.2) is 29.2 Å². The largest absolute Gasteiger partial charge is 0.480 e. The van der Waals surface area contributed by atoms with Crippen LogP contribution in [0.2, 0.25) is 0 Å². The first-order valence-electron chi connectivity index (χ1n) is 7.28. The van der Waals surface area contributed by atoms with Gasteiger partial charge in [0.1, 0.15) is 6.54 Å². The Balaban J connectivity index is 3.00. The van der Waals surface area contributed by atoms with Crippen molar-refractivity contribution in [1.29, 1.82) is 0 Å². The van der Waals surface area contributed by atoms with E-state index in [1.807, 2.05) is 13.8 Å². The summed E-state index contributed by atoms with van der Waals surface area (Å²) >= 11 is 0. The summed E-state index contributed by atoms with van der Waals surface area (Å²) in [7, 11) is -3.58. The number of carbonyl (C=O) groups excluding carboxylic acids is 1. The number of hydrogen-bond acceptors (Lipinski definition) is 4. The Hall–Kier alpha value is -1.93. The van der Waals surface area contributed by atoms with E-state index in [1.165, 1.54) is 29.2 Å². The first-order valence-corrected chi connectivity index (χ1v) is 8.76. The highest BCUT2D eigenvalue weighted by molar-refractivity contribution is 7.89. The summed E-state index contributed by atoms with van der Waals surface area (Å²) in [5, 5.41) is 8.92. The van der Waals surface area contributed by atoms with E-state index >= 15 is 0 Å². The minimum Gasteiger partial charge on any atom is -0.480 e. The van der Waals surface area contributed by atoms with Crippen LogP contribution in [0.5, 0.6) is 0 Å². The molecule has 0 spiro atoms. The van der Waals surface area contributed by atoms with Crippen LogP contribution in [0, 0.1) is 5.92 Å². The SMILES string of the molecule is CCNS(=O)(=O)c1ccc(C(=O)N(CC(=O)O)CC(C)C)cc1. The van der Waals surface area contributed by atoms with Gasteiger partial charge in [0.15, 0.2) is 0 Å². The van der Waals surface area contributed by atoms with E-state index in [9.17, 15) is 18.0 Å². The fourth-order valence-electron chi connectivity index (χ4n) is 2.06. The van der Waals surface area contributed by atoms with E-state index in [2.05, 4.69) is 4.72 Å². The third-order valence-corrected chi connectivity index (χ3v) is 4.51. The molecule has 0 fully saturated rings. The van der Waals surface area contributed by atoms with Gasteiger partial charge in [-0.25, -0.2) is 13.1 Å². The van der Waals surface area contributed by atoms with Gasteiger partial charge < -0.3 is 10.0 Å². The average Bonchev–Trinajstić information content (AvgIpc) is 2.45. The molecule has 0 saturated carbocycles. The zero-order valence-corrected chi connectivity index (χ0v) is 14.3. The van der Waals surface area contributed by atoms with Crippen LogP contribution in [-0.4, -0.2) is 49.9 Å². The molecule has 0 unspecified atom stereocenters. The van der Waals surface area contributed by atoms with Crippen molar-refractivity contribution in [2.24, 2.45) is 5.92 Å². The maximum absolute atomic E-state index is 12.4. The summed E-state index contributed by atoms with van der Waals surface area (Å²) in [6, 6.07) is 5.45. The quantitative estimate of drug-likeness (QED) is 0.738. The van der Waals surface area contributed by atoms with Gasteiger partial charge >= 0.3 is 5.97 Å². The van der Waals surface area contributed by atoms with Gasteiger partial charge in [-0.1, -0.05) is 20.8 Å². The normalized spacial score (nSPS) is 11.5. The van der Waals surface area contributed by atoms with Crippen molar-refractivity contribution < 1.29 is 23.1 Å². The van der Waals surface area contributed by atoms with Crippen LogP contribution in [0.1, 0.15) is 31.1 Å². The lowest BCUT2D eigenvalue weighted by molar-refractivity contribution is -0.137. The molecular weight excluding hydrogens is 320 g/mol. The van der Waals surface area contributed by atoms with E-state index in [-0.39, 0.29) is 22.9 Å². The van der Waals surface area contributed by atoms with Crippen LogP contribution in [0.25, 0.3) is 0 Å². The van der Waals surface area contributed by atoms with Crippen molar-refractivity contribution >= 4 is 21.9 Å². The van der Waals surface area contributed by atoms with Gasteiger partial charge in [0, 0.05) is 18.7 Å². The minimum absolute atomic E-state index is 0.0598. The Labute approximate surface area is 136 Å². The van der Waals surface area contributed by atoms with Gasteiger partial charge in [0.25, 0.3) is 5.91 Å². The van der Waals surface area contributed by atoms with Gasteiger partial charge in [-0.15, -0.1) is 0 Å². The van der Waals surface area contributed by atoms with Crippen LogP contribution in [0.3, 0.4) is 0 Å². The van der Waals surface area contributed by atoms with Gasteiger partial charge in [0.05, 0.1) is 4.90 Å². The van der Waals surface area contributed by atoms with E-state index in [0.717, 1.165) is 0 Å². The number of sulfonamides is 1. The first kappa shape index (κ1) is 19.1. The number of amides is 1. The third-order valence-electron chi connectivity index (χ3n) is 2.94. The lowest BCUT2D eigenvalue weighted by atomic mass is 10.1. The molecule has 1 aromatic rings. The van der Waals surface area contributed by atoms with Gasteiger partial charge in [-0.3, -0.25) is 9.59 Å². The maximum atomic E-state index is 12.4. The van der Waals surface area contributed by atoms with Crippen LogP contribution in [-0.2, 0) is 14.8 Å². The van der Waals surface area contributed by atoms with Crippen LogP contribution in [0.4, 0.5) is 0 Å². The number of rotatable bonds is 8. The molecule has 0 aromatic heterocycles. The predicted molar refractivity (Wildman–Crippen MR) is 85.7 cm³/mol. The van der Waals surface area contributed by atoms with Crippen molar-refractivity contribution in [1.82, 2.24) is 9.62 Å². The highest BCUT2D eigenvalue weighted by Crippen LogP contribution is 2.13. The number of carboxylic acids is 1. The average molecular weight is 342 g/mol. The molecule has 0 aliphatic carbocycles. The zero-order valence-electron chi connectivity index (χ0n) is 13.4. The molecule has 128 valence electrons. The number of carbonyl (C=O) groups is 2. The molecule has 1 aromatic carbocycles. The third kappa shape index (κ3) is 5.65. The van der Waals surface area contributed by atoms with Crippen molar-refractivity contribution in [3.05, 3.63) is 29.8 Å². The number of nitrogens with zero attached hydrogens (tertiary/aromatic N) is 1. The van der Waals surface area contributed by atoms with Crippen molar-refractivity contribution in [2.45, 2.75) is 25.7 Å². The number of nitrogens with one attached hydrogen (secondary N) is 1. The zero-order chi connectivity index (χ0) is 17.6. The summed E-state index contributed by atoms with van der Waals surface area (Å²) in [5.41, 5.74) is 0.252. The summed E-state index contributed by atoms with van der Waals surface area (Å²) in [4.78, 5) is 24.6. The molecule has 2 N–H and O–H groups in total. The molecule has 8 heteroatoms. The molecule has 0 aliphatic rings. The van der Waals surface area contributed by atoms with Gasteiger partial charge in [0.2, 0.25) is 10.0 Å². The lowest BCUT2D eigenvalue weighted by Gasteiger charge is -2.22. The van der Waals surface area contributed by atoms with Crippen LogP contribution >= 0.6 is 0 Å². The second-order valence-electron chi connectivity index (χ2n) is 5.50. The van der Waals surface area contributed by atoms with Crippen molar-refractivity contribution in [3.8, 4) is 0 Å². The summed E-state index contributed by atoms with van der Waals surface area (Å²) in [6.07, 6.45) is 0. The number of hydrogen-bond donors (Lipinski definition) is 2. The summed E-state index contributed by atoms with van der Waals surface area (Å²) in [5.74, 6) is -1.41. The topological polar surface area (TPSA) is 104 Å². The fourth-order valence-corrected chi connectivity index (χ4v) is 3.10. The number of aliphatic carboxylic acids is 1. The standard InChI is InChI=1S/C15H22N2O5S/c1-4-16-23(21,22)13-7-5-12(6-8-13)15(20)17(9-11(2)3)10-14(18)19/h5-8,11,16H,4,9-10H2,1-3H3,(H,18,19). The molecule has 1 rings (SSSR count). The molecule has 0 saturated heterocycles. The molecular formula is C15H22N2O5S. The Morgan fingerprint density at radius 1 is 1.22 bits per heavy atom. The molecule has 0 bridgehead atoms. The maximum Gasteiger partial charge on any atom is 0.323 e. The highest BCUT2D eigenvalue weighted by Gasteiger charge is 2.20. The smallest absolute Gasteiger partial charge is 0.323 e. The monoisotopic (exact) mass is 342 g/mol. The Bertz CT molecular complexity index is 653. The van der Waals surface area contributed by atoms with Crippen molar-refractivity contribution in [2.75, 3.05) is 19.6 Å². The number of carboxylic acid groups (broad SMARTS) is 1. The van der Waals surface area contributed by atoms with E-state index < -0.39 is 28.4 Å². The molecule has 7 nitrogen and oxygen atoms in total. The minimum atomic E-state index is -3.58. The van der Waals surface area contributed by atoms with E-state index in [0.29, 0.717) is 6.54 Å². The predicted octanol–water partition coefficient (Wildman–Crippen LogP) is 1.17. The molecule has 23 heavy (non-hydrogen) atoms. The lowest BCUT2D eigenvalue weighted by Crippen LogP contribution is -2.38. The van der Waals surface area contributed by atoms with E-state index in [4.69, 9.17) is 5.11 Å². The second kappa shape index (κ2) is 8.07. The first-order chi connectivity index (χ1) is 10.7. The molecule has 1 amide bonds. The molecule has 0 aliphatic heterocycles. The molecule has 0 heterocycles. The van der Waals surface area contributed by atoms with Crippen molar-refractivity contribution in [3.63, 3.8) is 0 Å². The van der Waals surface area contributed by atoms with Crippen LogP contribution < -0.4 is 4.72 Å². The Kier molecular flexibility index (Phi) is 6.71. The number of benzene rings is 1. The Morgan fingerprint density at radius 3 is 2.22 bits per heavy atom. The second-order valence-corrected chi connectivity index (χ2v) is 7.27. The molecule has 0 atom stereocenters. The summed E-state index contributed by atoms with van der Waals surface area (Å²) in [6.45, 7) is 5.62.